The van der Waals surface area contributed by atoms with Crippen molar-refractivity contribution in [3.05, 3.63) is 0 Å². The number of hydrogen-bond donors (Lipinski definition) is 2. The lowest BCUT2D eigenvalue weighted by Crippen LogP contribution is -2.60. The first-order valence-corrected chi connectivity index (χ1v) is 5.85. The number of alkyl halides is 3. The third-order valence-corrected chi connectivity index (χ3v) is 3.44. The zero-order chi connectivity index (χ0) is 12.4. The Labute approximate surface area is 94.2 Å². The molecule has 0 aromatic heterocycles. The Kier molecular flexibility index (Phi) is 4.23. The van der Waals surface area contributed by atoms with Crippen LogP contribution in [0.5, 0.6) is 0 Å². The molecule has 1 saturated carbocycles. The van der Waals surface area contributed by atoms with Crippen LogP contribution in [0.4, 0.5) is 13.2 Å². The normalized spacial score (nSPS) is 31.1. The highest BCUT2D eigenvalue weighted by Crippen LogP contribution is 2.33. The van der Waals surface area contributed by atoms with Crippen molar-refractivity contribution in [2.75, 3.05) is 0 Å². The first-order valence-electron chi connectivity index (χ1n) is 5.85. The second-order valence-electron chi connectivity index (χ2n) is 4.81. The molecule has 0 saturated heterocycles. The highest BCUT2D eigenvalue weighted by atomic mass is 19.4. The van der Waals surface area contributed by atoms with Gasteiger partial charge < -0.3 is 5.11 Å². The van der Waals surface area contributed by atoms with Crippen LogP contribution in [0, 0.1) is 5.92 Å². The summed E-state index contributed by atoms with van der Waals surface area (Å²) in [4.78, 5) is 0. The van der Waals surface area contributed by atoms with Gasteiger partial charge in [0.1, 0.15) is 0 Å². The molecule has 1 unspecified atom stereocenters. The van der Waals surface area contributed by atoms with Gasteiger partial charge in [-0.15, -0.1) is 0 Å². The molecule has 1 rings (SSSR count). The molecule has 0 aromatic carbocycles. The summed E-state index contributed by atoms with van der Waals surface area (Å²) in [5.41, 5.74) is -2.72. The Morgan fingerprint density at radius 3 is 2.06 bits per heavy atom. The van der Waals surface area contributed by atoms with Crippen molar-refractivity contribution < 1.29 is 18.3 Å². The molecule has 1 aliphatic rings. The second-order valence-corrected chi connectivity index (χ2v) is 4.81. The Bertz CT molecular complexity index is 224. The minimum absolute atomic E-state index is 0.220. The van der Waals surface area contributed by atoms with Gasteiger partial charge >= 0.3 is 6.18 Å². The summed E-state index contributed by atoms with van der Waals surface area (Å²) in [5.74, 6) is 0.582. The van der Waals surface area contributed by atoms with E-state index in [-0.39, 0.29) is 12.5 Å². The van der Waals surface area contributed by atoms with Crippen molar-refractivity contribution in [1.29, 1.82) is 0 Å². The molecule has 2 N–H and O–H groups in total. The summed E-state index contributed by atoms with van der Waals surface area (Å²) >= 11 is 0. The first-order chi connectivity index (χ1) is 7.28. The standard InChI is InChI=1S/C11H20F3NO/c1-3-10(16,11(12,13)14)15-9-6-4-8(2)5-7-9/h8-9,15-16H,3-7H2,1-2H3. The van der Waals surface area contributed by atoms with Gasteiger partial charge in [0.25, 0.3) is 0 Å². The van der Waals surface area contributed by atoms with Gasteiger partial charge in [-0.1, -0.05) is 13.8 Å². The molecule has 0 aromatic rings. The molecular weight excluding hydrogens is 219 g/mol. The molecule has 1 atom stereocenters. The molecule has 16 heavy (non-hydrogen) atoms. The third-order valence-electron chi connectivity index (χ3n) is 3.44. The molecule has 0 spiro atoms. The van der Waals surface area contributed by atoms with Crippen LogP contribution < -0.4 is 5.32 Å². The lowest BCUT2D eigenvalue weighted by atomic mass is 9.86. The Morgan fingerprint density at radius 2 is 1.69 bits per heavy atom. The molecule has 0 aliphatic heterocycles. The van der Waals surface area contributed by atoms with Crippen molar-refractivity contribution in [2.24, 2.45) is 5.92 Å². The predicted molar refractivity (Wildman–Crippen MR) is 55.9 cm³/mol. The van der Waals surface area contributed by atoms with Crippen LogP contribution in [-0.4, -0.2) is 23.0 Å². The minimum Gasteiger partial charge on any atom is -0.368 e. The molecule has 5 heteroatoms. The molecule has 0 heterocycles. The lowest BCUT2D eigenvalue weighted by molar-refractivity contribution is -0.277. The Morgan fingerprint density at radius 1 is 1.19 bits per heavy atom. The van der Waals surface area contributed by atoms with E-state index in [9.17, 15) is 18.3 Å². The third kappa shape index (κ3) is 3.10. The van der Waals surface area contributed by atoms with Gasteiger partial charge in [-0.3, -0.25) is 5.32 Å². The molecule has 0 bridgehead atoms. The number of hydrogen-bond acceptors (Lipinski definition) is 2. The van der Waals surface area contributed by atoms with Gasteiger partial charge in [0.15, 0.2) is 0 Å². The smallest absolute Gasteiger partial charge is 0.368 e. The highest BCUT2D eigenvalue weighted by molar-refractivity contribution is 4.88. The van der Waals surface area contributed by atoms with Crippen molar-refractivity contribution in [3.63, 3.8) is 0 Å². The average molecular weight is 239 g/mol. The molecule has 1 fully saturated rings. The van der Waals surface area contributed by atoms with Gasteiger partial charge in [0.2, 0.25) is 5.72 Å². The molecule has 2 nitrogen and oxygen atoms in total. The zero-order valence-electron chi connectivity index (χ0n) is 9.77. The zero-order valence-corrected chi connectivity index (χ0v) is 9.77. The van der Waals surface area contributed by atoms with Crippen molar-refractivity contribution in [2.45, 2.75) is 63.9 Å². The summed E-state index contributed by atoms with van der Waals surface area (Å²) in [6.45, 7) is 3.44. The molecule has 0 amide bonds. The monoisotopic (exact) mass is 239 g/mol. The van der Waals surface area contributed by atoms with Gasteiger partial charge in [-0.05, 0) is 38.0 Å². The predicted octanol–water partition coefficient (Wildman–Crippen LogP) is 2.82. The quantitative estimate of drug-likeness (QED) is 0.742. The van der Waals surface area contributed by atoms with E-state index in [2.05, 4.69) is 12.2 Å². The summed E-state index contributed by atoms with van der Waals surface area (Å²) < 4.78 is 37.9. The first kappa shape index (κ1) is 13.8. The summed E-state index contributed by atoms with van der Waals surface area (Å²) in [7, 11) is 0. The number of aliphatic hydroxyl groups is 1. The fourth-order valence-electron chi connectivity index (χ4n) is 2.13. The van der Waals surface area contributed by atoms with E-state index in [4.69, 9.17) is 0 Å². The van der Waals surface area contributed by atoms with Crippen LogP contribution in [0.15, 0.2) is 0 Å². The van der Waals surface area contributed by atoms with E-state index in [0.29, 0.717) is 18.8 Å². The molecule has 1 aliphatic carbocycles. The maximum atomic E-state index is 12.6. The second kappa shape index (κ2) is 4.92. The fourth-order valence-corrected chi connectivity index (χ4v) is 2.13. The van der Waals surface area contributed by atoms with Crippen LogP contribution in [-0.2, 0) is 0 Å². The van der Waals surface area contributed by atoms with Crippen molar-refractivity contribution in [1.82, 2.24) is 5.32 Å². The van der Waals surface area contributed by atoms with Crippen LogP contribution in [0.2, 0.25) is 0 Å². The fraction of sp³-hybridized carbons (Fsp3) is 1.00. The average Bonchev–Trinajstić information content (AvgIpc) is 2.19. The summed E-state index contributed by atoms with van der Waals surface area (Å²) in [6.07, 6.45) is -1.70. The van der Waals surface area contributed by atoms with Crippen LogP contribution >= 0.6 is 0 Å². The van der Waals surface area contributed by atoms with Gasteiger partial charge in [-0.2, -0.15) is 13.2 Å². The van der Waals surface area contributed by atoms with Crippen LogP contribution in [0.25, 0.3) is 0 Å². The maximum absolute atomic E-state index is 12.6. The Hall–Kier alpha value is -0.290. The van der Waals surface area contributed by atoms with E-state index in [1.54, 1.807) is 0 Å². The molecule has 0 radical (unpaired) electrons. The van der Waals surface area contributed by atoms with Crippen LogP contribution in [0.1, 0.15) is 46.0 Å². The van der Waals surface area contributed by atoms with Gasteiger partial charge in [0, 0.05) is 6.04 Å². The van der Waals surface area contributed by atoms with Crippen LogP contribution in [0.3, 0.4) is 0 Å². The van der Waals surface area contributed by atoms with Crippen molar-refractivity contribution >= 4 is 0 Å². The van der Waals surface area contributed by atoms with E-state index in [1.807, 2.05) is 0 Å². The van der Waals surface area contributed by atoms with Gasteiger partial charge in [-0.25, -0.2) is 0 Å². The molecular formula is C11H20F3NO. The highest BCUT2D eigenvalue weighted by Gasteiger charge is 2.53. The van der Waals surface area contributed by atoms with E-state index < -0.39 is 11.9 Å². The summed E-state index contributed by atoms with van der Waals surface area (Å²) in [5, 5.41) is 11.9. The van der Waals surface area contributed by atoms with E-state index in [1.165, 1.54) is 6.92 Å². The van der Waals surface area contributed by atoms with E-state index in [0.717, 1.165) is 12.8 Å². The number of nitrogens with one attached hydrogen (secondary N) is 1. The molecule has 96 valence electrons. The van der Waals surface area contributed by atoms with Crippen molar-refractivity contribution in [3.8, 4) is 0 Å². The minimum atomic E-state index is -4.61. The Balaban J connectivity index is 2.57. The SMILES string of the molecule is CCC(O)(NC1CCC(C)CC1)C(F)(F)F. The largest absolute Gasteiger partial charge is 0.430 e. The maximum Gasteiger partial charge on any atom is 0.430 e. The van der Waals surface area contributed by atoms with E-state index >= 15 is 0 Å². The number of rotatable bonds is 3. The summed E-state index contributed by atoms with van der Waals surface area (Å²) in [6, 6.07) is -0.220. The lowest BCUT2D eigenvalue weighted by Gasteiger charge is -2.37. The topological polar surface area (TPSA) is 32.3 Å². The number of halogens is 3. The van der Waals surface area contributed by atoms with Gasteiger partial charge in [0.05, 0.1) is 0 Å².